The van der Waals surface area contributed by atoms with Gasteiger partial charge in [0.2, 0.25) is 0 Å². The first-order chi connectivity index (χ1) is 13.6. The van der Waals surface area contributed by atoms with Crippen LogP contribution in [0.15, 0.2) is 77.9 Å². The number of rotatable bonds is 7. The quantitative estimate of drug-likeness (QED) is 0.494. The van der Waals surface area contributed by atoms with Gasteiger partial charge in [0.05, 0.1) is 13.3 Å². The second kappa shape index (κ2) is 9.37. The minimum absolute atomic E-state index is 0.268. The monoisotopic (exact) mass is 374 g/mol. The fraction of sp³-hybridized carbons (Fsp3) is 0.130. The maximum Gasteiger partial charge on any atom is 0.271 e. The second-order valence-electron chi connectivity index (χ2n) is 6.27. The molecule has 0 bridgehead atoms. The molecule has 3 aromatic rings. The lowest BCUT2D eigenvalue weighted by atomic mass is 10.1. The zero-order valence-electron chi connectivity index (χ0n) is 15.9. The first-order valence-electron chi connectivity index (χ1n) is 8.90. The van der Waals surface area contributed by atoms with E-state index in [1.54, 1.807) is 25.5 Å². The molecule has 28 heavy (non-hydrogen) atoms. The molecule has 0 saturated carbocycles. The van der Waals surface area contributed by atoms with E-state index in [4.69, 9.17) is 9.47 Å². The average Bonchev–Trinajstić information content (AvgIpc) is 2.74. The molecule has 3 aromatic carbocycles. The Balaban J connectivity index is 1.51. The molecule has 0 aliphatic carbocycles. The van der Waals surface area contributed by atoms with Crippen LogP contribution in [0.5, 0.6) is 11.5 Å². The van der Waals surface area contributed by atoms with Gasteiger partial charge >= 0.3 is 0 Å². The lowest BCUT2D eigenvalue weighted by molar-refractivity contribution is 0.0955. The Morgan fingerprint density at radius 2 is 1.57 bits per heavy atom. The summed E-state index contributed by atoms with van der Waals surface area (Å²) >= 11 is 0. The van der Waals surface area contributed by atoms with Crippen molar-refractivity contribution in [2.45, 2.75) is 13.5 Å². The van der Waals surface area contributed by atoms with Crippen LogP contribution in [-0.2, 0) is 6.61 Å². The topological polar surface area (TPSA) is 59.9 Å². The highest BCUT2D eigenvalue weighted by Gasteiger charge is 2.04. The third-order valence-corrected chi connectivity index (χ3v) is 4.14. The van der Waals surface area contributed by atoms with Crippen LogP contribution in [-0.4, -0.2) is 19.2 Å². The van der Waals surface area contributed by atoms with Crippen LogP contribution in [0.3, 0.4) is 0 Å². The normalized spacial score (nSPS) is 10.6. The molecule has 0 atom stereocenters. The molecular weight excluding hydrogens is 352 g/mol. The first kappa shape index (κ1) is 19.2. The van der Waals surface area contributed by atoms with Gasteiger partial charge in [0.15, 0.2) is 0 Å². The van der Waals surface area contributed by atoms with Gasteiger partial charge in [-0.05, 0) is 66.6 Å². The lowest BCUT2D eigenvalue weighted by Gasteiger charge is -2.07. The van der Waals surface area contributed by atoms with E-state index in [2.05, 4.69) is 10.5 Å². The molecule has 142 valence electrons. The molecule has 5 heteroatoms. The van der Waals surface area contributed by atoms with Crippen LogP contribution < -0.4 is 14.9 Å². The number of nitrogens with one attached hydrogen (secondary N) is 1. The number of benzene rings is 3. The van der Waals surface area contributed by atoms with E-state index in [1.165, 1.54) is 5.56 Å². The Kier molecular flexibility index (Phi) is 6.41. The highest BCUT2D eigenvalue weighted by atomic mass is 16.5. The molecular formula is C23H22N2O3. The van der Waals surface area contributed by atoms with Gasteiger partial charge in [-0.25, -0.2) is 5.43 Å². The van der Waals surface area contributed by atoms with E-state index in [-0.39, 0.29) is 5.91 Å². The number of aryl methyl sites for hydroxylation is 1. The van der Waals surface area contributed by atoms with Gasteiger partial charge in [0.1, 0.15) is 18.1 Å². The Labute approximate surface area is 164 Å². The van der Waals surface area contributed by atoms with Gasteiger partial charge in [-0.15, -0.1) is 0 Å². The number of ether oxygens (including phenoxy) is 2. The average molecular weight is 374 g/mol. The van der Waals surface area contributed by atoms with E-state index < -0.39 is 0 Å². The van der Waals surface area contributed by atoms with Gasteiger partial charge < -0.3 is 9.47 Å². The van der Waals surface area contributed by atoms with Crippen LogP contribution in [0.25, 0.3) is 0 Å². The predicted molar refractivity (Wildman–Crippen MR) is 110 cm³/mol. The fourth-order valence-electron chi connectivity index (χ4n) is 2.47. The number of carbonyl (C=O) groups is 1. The largest absolute Gasteiger partial charge is 0.497 e. The number of nitrogens with zero attached hydrogens (tertiary/aromatic N) is 1. The summed E-state index contributed by atoms with van der Waals surface area (Å²) in [5.41, 5.74) is 6.10. The van der Waals surface area contributed by atoms with Gasteiger partial charge in [-0.1, -0.05) is 29.8 Å². The summed E-state index contributed by atoms with van der Waals surface area (Å²) in [6.45, 7) is 2.48. The number of hydrazone groups is 1. The van der Waals surface area contributed by atoms with Gasteiger partial charge in [-0.3, -0.25) is 4.79 Å². The van der Waals surface area contributed by atoms with Crippen molar-refractivity contribution in [1.82, 2.24) is 5.43 Å². The Morgan fingerprint density at radius 1 is 0.929 bits per heavy atom. The van der Waals surface area contributed by atoms with Crippen LogP contribution >= 0.6 is 0 Å². The van der Waals surface area contributed by atoms with Crippen molar-refractivity contribution in [1.29, 1.82) is 0 Å². The Hall–Kier alpha value is -3.60. The minimum atomic E-state index is -0.268. The first-order valence-corrected chi connectivity index (χ1v) is 8.90. The van der Waals surface area contributed by atoms with Crippen molar-refractivity contribution < 1.29 is 14.3 Å². The molecule has 3 rings (SSSR count). The Bertz CT molecular complexity index is 931. The smallest absolute Gasteiger partial charge is 0.271 e. The highest BCUT2D eigenvalue weighted by molar-refractivity contribution is 5.94. The van der Waals surface area contributed by atoms with Gasteiger partial charge in [0, 0.05) is 5.56 Å². The third kappa shape index (κ3) is 5.45. The van der Waals surface area contributed by atoms with Crippen LogP contribution in [0, 0.1) is 6.92 Å². The summed E-state index contributed by atoms with van der Waals surface area (Å²) < 4.78 is 10.8. The summed E-state index contributed by atoms with van der Waals surface area (Å²) in [5.74, 6) is 1.32. The van der Waals surface area contributed by atoms with E-state index in [1.807, 2.05) is 67.6 Å². The number of methoxy groups -OCH3 is 1. The molecule has 0 heterocycles. The summed E-state index contributed by atoms with van der Waals surface area (Å²) in [7, 11) is 1.61. The number of hydrogen-bond acceptors (Lipinski definition) is 4. The molecule has 1 amide bonds. The zero-order valence-corrected chi connectivity index (χ0v) is 15.9. The minimum Gasteiger partial charge on any atom is -0.497 e. The lowest BCUT2D eigenvalue weighted by Crippen LogP contribution is -2.17. The Morgan fingerprint density at radius 3 is 2.21 bits per heavy atom. The highest BCUT2D eigenvalue weighted by Crippen LogP contribution is 2.14. The molecule has 0 aliphatic heterocycles. The number of hydrogen-bond donors (Lipinski definition) is 1. The molecule has 0 fully saturated rings. The van der Waals surface area contributed by atoms with E-state index in [0.717, 1.165) is 22.6 Å². The molecule has 0 aliphatic rings. The number of amides is 1. The van der Waals surface area contributed by atoms with Crippen LogP contribution in [0.1, 0.15) is 27.0 Å². The van der Waals surface area contributed by atoms with Crippen molar-refractivity contribution in [3.63, 3.8) is 0 Å². The molecule has 5 nitrogen and oxygen atoms in total. The standard InChI is InChI=1S/C23H22N2O3/c1-17-3-11-22(12-4-17)28-16-19-5-9-20(10-6-19)23(26)25-24-15-18-7-13-21(27-2)14-8-18/h3-15H,16H2,1-2H3,(H,25,26). The van der Waals surface area contributed by atoms with E-state index >= 15 is 0 Å². The maximum absolute atomic E-state index is 12.2. The third-order valence-electron chi connectivity index (χ3n) is 4.14. The van der Waals surface area contributed by atoms with Crippen molar-refractivity contribution in [3.05, 3.63) is 95.1 Å². The molecule has 0 spiro atoms. The summed E-state index contributed by atoms with van der Waals surface area (Å²) in [4.78, 5) is 12.2. The zero-order chi connectivity index (χ0) is 19.8. The SMILES string of the molecule is COc1ccc(C=NNC(=O)c2ccc(COc3ccc(C)cc3)cc2)cc1. The summed E-state index contributed by atoms with van der Waals surface area (Å²) in [5, 5.41) is 3.99. The summed E-state index contributed by atoms with van der Waals surface area (Å²) in [6.07, 6.45) is 1.58. The van der Waals surface area contributed by atoms with E-state index in [9.17, 15) is 4.79 Å². The molecule has 0 saturated heterocycles. The van der Waals surface area contributed by atoms with Crippen LogP contribution in [0.4, 0.5) is 0 Å². The second-order valence-corrected chi connectivity index (χ2v) is 6.27. The van der Waals surface area contributed by atoms with Crippen LogP contribution in [0.2, 0.25) is 0 Å². The van der Waals surface area contributed by atoms with Gasteiger partial charge in [-0.2, -0.15) is 5.10 Å². The fourth-order valence-corrected chi connectivity index (χ4v) is 2.47. The maximum atomic E-state index is 12.2. The van der Waals surface area contributed by atoms with Crippen molar-refractivity contribution >= 4 is 12.1 Å². The molecule has 0 unspecified atom stereocenters. The van der Waals surface area contributed by atoms with E-state index in [0.29, 0.717) is 12.2 Å². The van der Waals surface area contributed by atoms with Crippen molar-refractivity contribution in [3.8, 4) is 11.5 Å². The molecule has 0 aromatic heterocycles. The van der Waals surface area contributed by atoms with Gasteiger partial charge in [0.25, 0.3) is 5.91 Å². The van der Waals surface area contributed by atoms with Crippen molar-refractivity contribution in [2.75, 3.05) is 7.11 Å². The summed E-state index contributed by atoms with van der Waals surface area (Å²) in [6, 6.07) is 22.5. The number of carbonyl (C=O) groups excluding carboxylic acids is 1. The molecule has 0 radical (unpaired) electrons. The van der Waals surface area contributed by atoms with Crippen molar-refractivity contribution in [2.24, 2.45) is 5.10 Å². The molecule has 1 N–H and O–H groups in total. The predicted octanol–water partition coefficient (Wildman–Crippen LogP) is 4.35.